The summed E-state index contributed by atoms with van der Waals surface area (Å²) >= 11 is 0. The fourth-order valence-corrected chi connectivity index (χ4v) is 1.47. The summed E-state index contributed by atoms with van der Waals surface area (Å²) < 4.78 is 0. The van der Waals surface area contributed by atoms with Crippen molar-refractivity contribution in [2.45, 2.75) is 12.5 Å². The van der Waals surface area contributed by atoms with Gasteiger partial charge in [0, 0.05) is 25.8 Å². The van der Waals surface area contributed by atoms with E-state index in [1.807, 2.05) is 32.3 Å². The van der Waals surface area contributed by atoms with Crippen LogP contribution in [-0.4, -0.2) is 31.9 Å². The first kappa shape index (κ1) is 11.0. The molecule has 1 rings (SSSR count). The van der Waals surface area contributed by atoms with Gasteiger partial charge < -0.3 is 15.7 Å². The predicted molar refractivity (Wildman–Crippen MR) is 59.5 cm³/mol. The van der Waals surface area contributed by atoms with Crippen LogP contribution in [0.1, 0.15) is 5.56 Å². The van der Waals surface area contributed by atoms with Gasteiger partial charge in [-0.2, -0.15) is 0 Å². The Hall–Kier alpha value is -1.06. The zero-order valence-corrected chi connectivity index (χ0v) is 8.77. The van der Waals surface area contributed by atoms with Crippen molar-refractivity contribution in [1.29, 1.82) is 0 Å². The lowest BCUT2D eigenvalue weighted by Crippen LogP contribution is -2.27. The normalized spacial score (nSPS) is 12.6. The van der Waals surface area contributed by atoms with Crippen LogP contribution in [0.5, 0.6) is 0 Å². The van der Waals surface area contributed by atoms with Crippen LogP contribution in [0.25, 0.3) is 0 Å². The van der Waals surface area contributed by atoms with Crippen molar-refractivity contribution in [2.24, 2.45) is 5.73 Å². The molecule has 0 fully saturated rings. The van der Waals surface area contributed by atoms with Crippen LogP contribution in [0.15, 0.2) is 24.3 Å². The molecule has 0 bridgehead atoms. The molecule has 1 aromatic rings. The van der Waals surface area contributed by atoms with Crippen LogP contribution >= 0.6 is 0 Å². The Bertz CT molecular complexity index is 286. The SMILES string of the molecule is CN(C)c1ccccc1CC(N)CO. The van der Waals surface area contributed by atoms with Crippen LogP contribution < -0.4 is 10.6 Å². The standard InChI is InChI=1S/C11H18N2O/c1-13(2)11-6-4-3-5-9(11)7-10(12)8-14/h3-6,10,14H,7-8,12H2,1-2H3. The molecule has 78 valence electrons. The van der Waals surface area contributed by atoms with Crippen molar-refractivity contribution in [2.75, 3.05) is 25.6 Å². The maximum absolute atomic E-state index is 8.89. The maximum Gasteiger partial charge on any atom is 0.0585 e. The molecule has 3 N–H and O–H groups in total. The number of benzene rings is 1. The highest BCUT2D eigenvalue weighted by molar-refractivity contribution is 5.52. The lowest BCUT2D eigenvalue weighted by atomic mass is 10.0. The highest BCUT2D eigenvalue weighted by atomic mass is 16.3. The van der Waals surface area contributed by atoms with Crippen LogP contribution in [0, 0.1) is 0 Å². The summed E-state index contributed by atoms with van der Waals surface area (Å²) in [7, 11) is 4.01. The molecular formula is C11H18N2O. The molecule has 3 nitrogen and oxygen atoms in total. The van der Waals surface area contributed by atoms with Crippen molar-refractivity contribution < 1.29 is 5.11 Å². The van der Waals surface area contributed by atoms with Gasteiger partial charge >= 0.3 is 0 Å². The summed E-state index contributed by atoms with van der Waals surface area (Å²) in [6.07, 6.45) is 0.713. The largest absolute Gasteiger partial charge is 0.395 e. The fraction of sp³-hybridized carbons (Fsp3) is 0.455. The molecule has 0 heterocycles. The third-order valence-electron chi connectivity index (χ3n) is 2.19. The number of nitrogens with two attached hydrogens (primary N) is 1. The van der Waals surface area contributed by atoms with Gasteiger partial charge in [0.2, 0.25) is 0 Å². The topological polar surface area (TPSA) is 49.5 Å². The van der Waals surface area contributed by atoms with Gasteiger partial charge in [0.1, 0.15) is 0 Å². The Balaban J connectivity index is 2.84. The molecule has 0 saturated heterocycles. The summed E-state index contributed by atoms with van der Waals surface area (Å²) in [5.41, 5.74) is 8.05. The van der Waals surface area contributed by atoms with Gasteiger partial charge in [0.15, 0.2) is 0 Å². The number of aliphatic hydroxyl groups excluding tert-OH is 1. The van der Waals surface area contributed by atoms with Crippen molar-refractivity contribution in [3.63, 3.8) is 0 Å². The van der Waals surface area contributed by atoms with Crippen LogP contribution in [-0.2, 0) is 6.42 Å². The first-order valence-electron chi connectivity index (χ1n) is 4.76. The molecule has 3 heteroatoms. The predicted octanol–water partition coefficient (Wildman–Crippen LogP) is 0.615. The van der Waals surface area contributed by atoms with E-state index in [-0.39, 0.29) is 12.6 Å². The van der Waals surface area contributed by atoms with Crippen LogP contribution in [0.3, 0.4) is 0 Å². The zero-order valence-electron chi connectivity index (χ0n) is 8.77. The van der Waals surface area contributed by atoms with Gasteiger partial charge in [-0.05, 0) is 18.1 Å². The molecule has 0 aliphatic rings. The molecule has 0 aromatic heterocycles. The molecule has 0 amide bonds. The number of rotatable bonds is 4. The third-order valence-corrected chi connectivity index (χ3v) is 2.19. The Kier molecular flexibility index (Phi) is 3.92. The van der Waals surface area contributed by atoms with E-state index in [0.717, 1.165) is 5.69 Å². The minimum atomic E-state index is -0.170. The molecular weight excluding hydrogens is 176 g/mol. The Morgan fingerprint density at radius 2 is 2.00 bits per heavy atom. The second-order valence-corrected chi connectivity index (χ2v) is 3.67. The fourth-order valence-electron chi connectivity index (χ4n) is 1.47. The molecule has 0 aliphatic heterocycles. The molecule has 0 spiro atoms. The molecule has 0 radical (unpaired) electrons. The van der Waals surface area contributed by atoms with Gasteiger partial charge in [0.05, 0.1) is 6.61 Å². The number of hydrogen-bond acceptors (Lipinski definition) is 3. The summed E-state index contributed by atoms with van der Waals surface area (Å²) in [6.45, 7) is 0.0295. The first-order valence-corrected chi connectivity index (χ1v) is 4.76. The van der Waals surface area contributed by atoms with Gasteiger partial charge in [-0.3, -0.25) is 0 Å². The van der Waals surface area contributed by atoms with Crippen molar-refractivity contribution >= 4 is 5.69 Å². The molecule has 0 saturated carbocycles. The number of nitrogens with zero attached hydrogens (tertiary/aromatic N) is 1. The maximum atomic E-state index is 8.89. The Labute approximate surface area is 85.2 Å². The van der Waals surface area contributed by atoms with E-state index in [2.05, 4.69) is 11.0 Å². The molecule has 1 aromatic carbocycles. The lowest BCUT2D eigenvalue weighted by Gasteiger charge is -2.18. The van der Waals surface area contributed by atoms with E-state index in [4.69, 9.17) is 10.8 Å². The van der Waals surface area contributed by atoms with Crippen LogP contribution in [0.2, 0.25) is 0 Å². The average molecular weight is 194 g/mol. The van der Waals surface area contributed by atoms with Crippen molar-refractivity contribution in [3.8, 4) is 0 Å². The zero-order chi connectivity index (χ0) is 10.6. The van der Waals surface area contributed by atoms with Crippen molar-refractivity contribution in [3.05, 3.63) is 29.8 Å². The minimum absolute atomic E-state index is 0.0295. The van der Waals surface area contributed by atoms with Gasteiger partial charge in [-0.15, -0.1) is 0 Å². The summed E-state index contributed by atoms with van der Waals surface area (Å²) in [6, 6.07) is 7.93. The molecule has 14 heavy (non-hydrogen) atoms. The molecule has 0 aliphatic carbocycles. The second-order valence-electron chi connectivity index (χ2n) is 3.67. The van der Waals surface area contributed by atoms with E-state index >= 15 is 0 Å². The second kappa shape index (κ2) is 4.98. The average Bonchev–Trinajstić information content (AvgIpc) is 2.18. The van der Waals surface area contributed by atoms with Gasteiger partial charge in [-0.1, -0.05) is 18.2 Å². The molecule has 1 unspecified atom stereocenters. The van der Waals surface area contributed by atoms with E-state index in [0.29, 0.717) is 6.42 Å². The van der Waals surface area contributed by atoms with Gasteiger partial charge in [-0.25, -0.2) is 0 Å². The third kappa shape index (κ3) is 2.72. The number of aliphatic hydroxyl groups is 1. The summed E-state index contributed by atoms with van der Waals surface area (Å²) in [5.74, 6) is 0. The van der Waals surface area contributed by atoms with E-state index < -0.39 is 0 Å². The highest BCUT2D eigenvalue weighted by Crippen LogP contribution is 2.18. The summed E-state index contributed by atoms with van der Waals surface area (Å²) in [4.78, 5) is 2.05. The Morgan fingerprint density at radius 1 is 1.36 bits per heavy atom. The van der Waals surface area contributed by atoms with Crippen LogP contribution in [0.4, 0.5) is 5.69 Å². The quantitative estimate of drug-likeness (QED) is 0.738. The van der Waals surface area contributed by atoms with E-state index in [1.54, 1.807) is 0 Å². The lowest BCUT2D eigenvalue weighted by molar-refractivity contribution is 0.265. The first-order chi connectivity index (χ1) is 6.65. The number of anilines is 1. The van der Waals surface area contributed by atoms with Crippen molar-refractivity contribution in [1.82, 2.24) is 0 Å². The number of hydrogen-bond donors (Lipinski definition) is 2. The van der Waals surface area contributed by atoms with E-state index in [1.165, 1.54) is 5.56 Å². The van der Waals surface area contributed by atoms with Gasteiger partial charge in [0.25, 0.3) is 0 Å². The number of para-hydroxylation sites is 1. The minimum Gasteiger partial charge on any atom is -0.395 e. The summed E-state index contributed by atoms with van der Waals surface area (Å²) in [5, 5.41) is 8.89. The monoisotopic (exact) mass is 194 g/mol. The highest BCUT2D eigenvalue weighted by Gasteiger charge is 2.07. The molecule has 1 atom stereocenters. The van der Waals surface area contributed by atoms with E-state index in [9.17, 15) is 0 Å². The smallest absolute Gasteiger partial charge is 0.0585 e. The Morgan fingerprint density at radius 3 is 2.57 bits per heavy atom.